The van der Waals surface area contributed by atoms with Crippen LogP contribution < -0.4 is 10.6 Å². The maximum Gasteiger partial charge on any atom is 0.325 e. The number of carbonyl (C=O) groups is 3. The number of amides is 4. The van der Waals surface area contributed by atoms with Crippen LogP contribution in [-0.4, -0.2) is 34.8 Å². The van der Waals surface area contributed by atoms with Crippen molar-refractivity contribution in [3.63, 3.8) is 0 Å². The van der Waals surface area contributed by atoms with Crippen LogP contribution in [-0.2, 0) is 22.4 Å². The number of imide groups is 1. The number of aryl methyl sites for hydroxylation is 1. The fourth-order valence-electron chi connectivity index (χ4n) is 4.87. The van der Waals surface area contributed by atoms with Crippen LogP contribution in [0.1, 0.15) is 56.6 Å². The molecule has 3 aliphatic rings. The Labute approximate surface area is 159 Å². The van der Waals surface area contributed by atoms with Crippen LogP contribution in [0, 0.1) is 5.92 Å². The van der Waals surface area contributed by atoms with E-state index in [2.05, 4.69) is 16.7 Å². The Hall–Kier alpha value is -2.37. The van der Waals surface area contributed by atoms with E-state index in [1.807, 2.05) is 19.1 Å². The van der Waals surface area contributed by atoms with Crippen LogP contribution in [0.2, 0.25) is 0 Å². The van der Waals surface area contributed by atoms with Gasteiger partial charge in [-0.3, -0.25) is 14.5 Å². The molecule has 1 heterocycles. The molecule has 1 saturated heterocycles. The van der Waals surface area contributed by atoms with Gasteiger partial charge in [0.15, 0.2) is 0 Å². The number of urea groups is 1. The van der Waals surface area contributed by atoms with Crippen molar-refractivity contribution in [2.24, 2.45) is 5.92 Å². The van der Waals surface area contributed by atoms with E-state index in [9.17, 15) is 14.4 Å². The van der Waals surface area contributed by atoms with Crippen LogP contribution in [0.3, 0.4) is 0 Å². The number of rotatable bonds is 3. The number of fused-ring (bicyclic) bond motifs is 1. The molecule has 27 heavy (non-hydrogen) atoms. The molecule has 2 atom stereocenters. The molecule has 1 aliphatic heterocycles. The van der Waals surface area contributed by atoms with Gasteiger partial charge in [-0.15, -0.1) is 0 Å². The first-order valence-electron chi connectivity index (χ1n) is 10.1. The highest BCUT2D eigenvalue weighted by atomic mass is 16.2. The summed E-state index contributed by atoms with van der Waals surface area (Å²) in [5.41, 5.74) is 2.46. The first-order chi connectivity index (χ1) is 13.0. The molecule has 4 amide bonds. The van der Waals surface area contributed by atoms with Crippen molar-refractivity contribution in [2.45, 2.75) is 63.8 Å². The zero-order valence-electron chi connectivity index (χ0n) is 15.8. The topological polar surface area (TPSA) is 78.5 Å². The van der Waals surface area contributed by atoms with Gasteiger partial charge in [0, 0.05) is 5.69 Å². The molecule has 1 aromatic rings. The lowest BCUT2D eigenvalue weighted by molar-refractivity contribution is -0.136. The van der Waals surface area contributed by atoms with Crippen LogP contribution in [0.5, 0.6) is 0 Å². The Morgan fingerprint density at radius 1 is 1.22 bits per heavy atom. The van der Waals surface area contributed by atoms with E-state index in [0.717, 1.165) is 49.1 Å². The van der Waals surface area contributed by atoms with Crippen LogP contribution in [0.4, 0.5) is 10.5 Å². The number of anilines is 1. The van der Waals surface area contributed by atoms with Gasteiger partial charge in [-0.05, 0) is 61.6 Å². The van der Waals surface area contributed by atoms with Crippen molar-refractivity contribution in [3.05, 3.63) is 29.3 Å². The van der Waals surface area contributed by atoms with Gasteiger partial charge in [-0.25, -0.2) is 4.79 Å². The van der Waals surface area contributed by atoms with Crippen molar-refractivity contribution in [1.82, 2.24) is 10.2 Å². The molecule has 4 rings (SSSR count). The third kappa shape index (κ3) is 3.11. The zero-order valence-corrected chi connectivity index (χ0v) is 15.8. The molecule has 2 N–H and O–H groups in total. The second-order valence-corrected chi connectivity index (χ2v) is 8.14. The Kier molecular flexibility index (Phi) is 4.66. The average molecular weight is 369 g/mol. The molecular formula is C21H27N3O3. The Bertz CT molecular complexity index is 791. The average Bonchev–Trinajstić information content (AvgIpc) is 2.89. The first kappa shape index (κ1) is 18.0. The van der Waals surface area contributed by atoms with Gasteiger partial charge in [0.1, 0.15) is 12.1 Å². The van der Waals surface area contributed by atoms with Crippen molar-refractivity contribution in [3.8, 4) is 0 Å². The third-order valence-corrected chi connectivity index (χ3v) is 6.47. The standard InChI is InChI=1S/C21H27N3O3/c1-14-7-4-5-12-21(14)19(26)24(20(27)23-21)13-18(25)22-17-11-6-9-15-8-2-3-10-16(15)17/h6,9,11,14H,2-5,7-8,10,12-13H2,1H3,(H,22,25)(H,23,27). The minimum absolute atomic E-state index is 0.0944. The van der Waals surface area contributed by atoms with Crippen LogP contribution in [0.15, 0.2) is 18.2 Å². The van der Waals surface area contributed by atoms with Gasteiger partial charge >= 0.3 is 6.03 Å². The first-order valence-corrected chi connectivity index (χ1v) is 10.1. The summed E-state index contributed by atoms with van der Waals surface area (Å²) in [6.45, 7) is 1.78. The van der Waals surface area contributed by atoms with Crippen molar-refractivity contribution in [1.29, 1.82) is 0 Å². The highest BCUT2D eigenvalue weighted by Crippen LogP contribution is 2.38. The monoisotopic (exact) mass is 369 g/mol. The SMILES string of the molecule is CC1CCCCC12NC(=O)N(CC(=O)Nc1cccc3c1CCCC3)C2=O. The minimum atomic E-state index is -0.818. The lowest BCUT2D eigenvalue weighted by Gasteiger charge is -2.36. The van der Waals surface area contributed by atoms with E-state index in [1.54, 1.807) is 0 Å². The molecule has 6 heteroatoms. The highest BCUT2D eigenvalue weighted by molar-refractivity contribution is 6.10. The molecule has 0 aromatic heterocycles. The predicted octanol–water partition coefficient (Wildman–Crippen LogP) is 3.00. The van der Waals surface area contributed by atoms with Gasteiger partial charge < -0.3 is 10.6 Å². The Balaban J connectivity index is 1.47. The van der Waals surface area contributed by atoms with Crippen molar-refractivity contribution in [2.75, 3.05) is 11.9 Å². The second-order valence-electron chi connectivity index (χ2n) is 8.14. The number of benzene rings is 1. The summed E-state index contributed by atoms with van der Waals surface area (Å²) in [5, 5.41) is 5.82. The fraction of sp³-hybridized carbons (Fsp3) is 0.571. The third-order valence-electron chi connectivity index (χ3n) is 6.47. The lowest BCUT2D eigenvalue weighted by Crippen LogP contribution is -2.54. The molecule has 0 radical (unpaired) electrons. The number of nitrogens with zero attached hydrogens (tertiary/aromatic N) is 1. The Morgan fingerprint density at radius 2 is 2.04 bits per heavy atom. The summed E-state index contributed by atoms with van der Waals surface area (Å²) in [6, 6.07) is 5.51. The maximum atomic E-state index is 13.0. The van der Waals surface area contributed by atoms with Gasteiger partial charge in [-0.1, -0.05) is 31.9 Å². The van der Waals surface area contributed by atoms with E-state index in [0.29, 0.717) is 6.42 Å². The summed E-state index contributed by atoms with van der Waals surface area (Å²) in [4.78, 5) is 39.1. The Morgan fingerprint density at radius 3 is 2.85 bits per heavy atom. The van der Waals surface area contributed by atoms with E-state index in [-0.39, 0.29) is 24.3 Å². The quantitative estimate of drug-likeness (QED) is 0.804. The molecule has 2 unspecified atom stereocenters. The minimum Gasteiger partial charge on any atom is -0.324 e. The van der Waals surface area contributed by atoms with Crippen LogP contribution in [0.25, 0.3) is 0 Å². The van der Waals surface area contributed by atoms with Crippen molar-refractivity contribution >= 4 is 23.5 Å². The molecule has 2 aliphatic carbocycles. The predicted molar refractivity (Wildman–Crippen MR) is 102 cm³/mol. The fourth-order valence-corrected chi connectivity index (χ4v) is 4.87. The largest absolute Gasteiger partial charge is 0.325 e. The van der Waals surface area contributed by atoms with Crippen LogP contribution >= 0.6 is 0 Å². The number of nitrogens with one attached hydrogen (secondary N) is 2. The summed E-state index contributed by atoms with van der Waals surface area (Å²) in [7, 11) is 0. The summed E-state index contributed by atoms with van der Waals surface area (Å²) < 4.78 is 0. The van der Waals surface area contributed by atoms with E-state index >= 15 is 0 Å². The molecule has 1 spiro atoms. The van der Waals surface area contributed by atoms with E-state index < -0.39 is 11.6 Å². The molecule has 144 valence electrons. The molecule has 0 bridgehead atoms. The second kappa shape index (κ2) is 6.98. The number of hydrogen-bond donors (Lipinski definition) is 2. The number of hydrogen-bond acceptors (Lipinski definition) is 3. The molecular weight excluding hydrogens is 342 g/mol. The summed E-state index contributed by atoms with van der Waals surface area (Å²) in [5.74, 6) is -0.472. The van der Waals surface area contributed by atoms with Gasteiger partial charge in [0.25, 0.3) is 5.91 Å². The van der Waals surface area contributed by atoms with Gasteiger partial charge in [-0.2, -0.15) is 0 Å². The normalized spacial score (nSPS) is 27.4. The lowest BCUT2D eigenvalue weighted by atomic mass is 9.73. The van der Waals surface area contributed by atoms with Gasteiger partial charge in [0.2, 0.25) is 5.91 Å². The maximum absolute atomic E-state index is 13.0. The molecule has 1 saturated carbocycles. The van der Waals surface area contributed by atoms with E-state index in [4.69, 9.17) is 0 Å². The highest BCUT2D eigenvalue weighted by Gasteiger charge is 2.55. The van der Waals surface area contributed by atoms with E-state index in [1.165, 1.54) is 17.5 Å². The molecule has 2 fully saturated rings. The van der Waals surface area contributed by atoms with Crippen molar-refractivity contribution < 1.29 is 14.4 Å². The molecule has 6 nitrogen and oxygen atoms in total. The summed E-state index contributed by atoms with van der Waals surface area (Å²) >= 11 is 0. The molecule has 1 aromatic carbocycles. The summed E-state index contributed by atoms with van der Waals surface area (Å²) in [6.07, 6.45) is 7.85. The van der Waals surface area contributed by atoms with Gasteiger partial charge in [0.05, 0.1) is 0 Å². The zero-order chi connectivity index (χ0) is 19.0. The smallest absolute Gasteiger partial charge is 0.324 e. The number of carbonyl (C=O) groups excluding carboxylic acids is 3.